The van der Waals surface area contributed by atoms with Crippen LogP contribution < -0.4 is 10.1 Å². The third kappa shape index (κ3) is 4.09. The largest absolute Gasteiger partial charge is 0.480 e. The number of carbonyl (C=O) groups excluding carboxylic acids is 1. The van der Waals surface area contributed by atoms with E-state index < -0.39 is 11.7 Å². The summed E-state index contributed by atoms with van der Waals surface area (Å²) in [6, 6.07) is 13.3. The van der Waals surface area contributed by atoms with Crippen LogP contribution in [0.4, 0.5) is 4.79 Å². The number of nitrogens with one attached hydrogen (secondary N) is 1. The van der Waals surface area contributed by atoms with E-state index in [0.717, 1.165) is 34.2 Å². The minimum atomic E-state index is -0.736. The Morgan fingerprint density at radius 3 is 2.78 bits per heavy atom. The number of hydrogen-bond acceptors (Lipinski definition) is 3. The van der Waals surface area contributed by atoms with E-state index in [1.807, 2.05) is 49.4 Å². The number of ether oxygens (including phenoxy) is 2. The molecule has 0 bridgehead atoms. The van der Waals surface area contributed by atoms with Gasteiger partial charge in [0.25, 0.3) is 0 Å². The number of rotatable bonds is 6. The first-order valence-electron chi connectivity index (χ1n) is 9.12. The molecule has 6 heteroatoms. The molecule has 2 atom stereocenters. The Bertz CT molecular complexity index is 815. The highest BCUT2D eigenvalue weighted by Gasteiger charge is 2.47. The molecule has 2 aromatic rings. The van der Waals surface area contributed by atoms with E-state index in [0.29, 0.717) is 18.1 Å². The van der Waals surface area contributed by atoms with E-state index >= 15 is 0 Å². The zero-order chi connectivity index (χ0) is 19.4. The maximum absolute atomic E-state index is 12.2. The molecule has 0 aromatic heterocycles. The molecular formula is C21H23BrClNO3. The maximum Gasteiger partial charge on any atom is 0.407 e. The first-order chi connectivity index (χ1) is 13.0. The zero-order valence-electron chi connectivity index (χ0n) is 15.4. The number of amides is 1. The monoisotopic (exact) mass is 451 g/mol. The summed E-state index contributed by atoms with van der Waals surface area (Å²) in [5.74, 6) is 0.767. The second-order valence-electron chi connectivity index (χ2n) is 6.73. The van der Waals surface area contributed by atoms with Crippen molar-refractivity contribution in [1.29, 1.82) is 0 Å². The topological polar surface area (TPSA) is 47.6 Å². The van der Waals surface area contributed by atoms with Gasteiger partial charge in [-0.2, -0.15) is 0 Å². The molecule has 1 N–H and O–H groups in total. The molecule has 0 radical (unpaired) electrons. The second kappa shape index (κ2) is 8.53. The number of unbranched alkanes of at least 4 members (excludes halogenated alkanes) is 1. The first kappa shape index (κ1) is 20.0. The van der Waals surface area contributed by atoms with Crippen LogP contribution >= 0.6 is 27.5 Å². The molecule has 0 saturated carbocycles. The standard InChI is InChI=1S/C21H23BrClNO3/c1-3-4-12-26-20(25)24-14(2)21(15-8-6-5-7-9-15)13-16-18(27-21)11-10-17(23)19(16)22/h5-11,14H,3-4,12-13H2,1-2H3,(H,24,25)/t14?,21-/m1/s1. The van der Waals surface area contributed by atoms with Gasteiger partial charge in [-0.1, -0.05) is 55.3 Å². The van der Waals surface area contributed by atoms with E-state index in [4.69, 9.17) is 21.1 Å². The average Bonchev–Trinajstić information content (AvgIpc) is 3.08. The van der Waals surface area contributed by atoms with Crippen molar-refractivity contribution in [2.24, 2.45) is 0 Å². The third-order valence-electron chi connectivity index (χ3n) is 4.91. The molecule has 1 heterocycles. The molecule has 1 aliphatic heterocycles. The Morgan fingerprint density at radius 2 is 2.07 bits per heavy atom. The van der Waals surface area contributed by atoms with Crippen LogP contribution in [0.3, 0.4) is 0 Å². The molecule has 2 aromatic carbocycles. The van der Waals surface area contributed by atoms with Gasteiger partial charge in [-0.25, -0.2) is 4.79 Å². The highest BCUT2D eigenvalue weighted by Crippen LogP contribution is 2.47. The van der Waals surface area contributed by atoms with E-state index in [9.17, 15) is 4.79 Å². The number of alkyl carbamates (subject to hydrolysis) is 1. The van der Waals surface area contributed by atoms with Crippen LogP contribution in [0.1, 0.15) is 37.8 Å². The highest BCUT2D eigenvalue weighted by molar-refractivity contribution is 9.10. The Labute approximate surface area is 173 Å². The summed E-state index contributed by atoms with van der Waals surface area (Å²) >= 11 is 9.85. The number of halogens is 2. The van der Waals surface area contributed by atoms with Crippen molar-refractivity contribution >= 4 is 33.6 Å². The minimum absolute atomic E-state index is 0.313. The fourth-order valence-electron chi connectivity index (χ4n) is 3.35. The fourth-order valence-corrected chi connectivity index (χ4v) is 3.99. The Kier molecular flexibility index (Phi) is 6.33. The average molecular weight is 453 g/mol. The summed E-state index contributed by atoms with van der Waals surface area (Å²) in [6.45, 7) is 4.41. The van der Waals surface area contributed by atoms with Crippen molar-refractivity contribution in [3.05, 3.63) is 63.1 Å². The molecule has 1 aliphatic rings. The van der Waals surface area contributed by atoms with Crippen LogP contribution in [0.2, 0.25) is 5.02 Å². The molecule has 27 heavy (non-hydrogen) atoms. The van der Waals surface area contributed by atoms with Crippen molar-refractivity contribution in [3.63, 3.8) is 0 Å². The van der Waals surface area contributed by atoms with Gasteiger partial charge in [0, 0.05) is 16.5 Å². The van der Waals surface area contributed by atoms with E-state index in [-0.39, 0.29) is 6.04 Å². The van der Waals surface area contributed by atoms with Crippen molar-refractivity contribution < 1.29 is 14.3 Å². The Hall–Kier alpha value is -1.72. The lowest BCUT2D eigenvalue weighted by Crippen LogP contribution is -2.52. The molecule has 0 saturated heterocycles. The normalized spacial score (nSPS) is 19.1. The summed E-state index contributed by atoms with van der Waals surface area (Å²) in [7, 11) is 0. The molecule has 1 amide bonds. The molecular weight excluding hydrogens is 430 g/mol. The number of carbonyl (C=O) groups is 1. The SMILES string of the molecule is CCCCOC(=O)NC(C)[C@@]1(c2ccccc2)Cc2c(ccc(Cl)c2Br)O1. The van der Waals surface area contributed by atoms with Crippen molar-refractivity contribution in [2.45, 2.75) is 44.8 Å². The highest BCUT2D eigenvalue weighted by atomic mass is 79.9. The summed E-state index contributed by atoms with van der Waals surface area (Å²) in [6.07, 6.45) is 1.98. The van der Waals surface area contributed by atoms with Gasteiger partial charge >= 0.3 is 6.09 Å². The molecule has 144 valence electrons. The van der Waals surface area contributed by atoms with Gasteiger partial charge in [0.05, 0.1) is 17.7 Å². The van der Waals surface area contributed by atoms with Crippen LogP contribution in [-0.4, -0.2) is 18.7 Å². The summed E-state index contributed by atoms with van der Waals surface area (Å²) in [5.41, 5.74) is 1.26. The van der Waals surface area contributed by atoms with Gasteiger partial charge in [0.2, 0.25) is 0 Å². The van der Waals surface area contributed by atoms with E-state index in [1.54, 1.807) is 0 Å². The molecule has 0 spiro atoms. The van der Waals surface area contributed by atoms with Gasteiger partial charge in [-0.05, 0) is 47.0 Å². The van der Waals surface area contributed by atoms with Crippen LogP contribution in [-0.2, 0) is 16.8 Å². The summed E-state index contributed by atoms with van der Waals surface area (Å²) < 4.78 is 12.6. The lowest BCUT2D eigenvalue weighted by Gasteiger charge is -2.35. The predicted molar refractivity (Wildman–Crippen MR) is 110 cm³/mol. The van der Waals surface area contributed by atoms with E-state index in [1.165, 1.54) is 0 Å². The first-order valence-corrected chi connectivity index (χ1v) is 10.3. The van der Waals surface area contributed by atoms with Gasteiger partial charge in [-0.15, -0.1) is 0 Å². The van der Waals surface area contributed by atoms with Crippen LogP contribution in [0.15, 0.2) is 46.9 Å². The quantitative estimate of drug-likeness (QED) is 0.559. The van der Waals surface area contributed by atoms with Gasteiger partial charge in [0.1, 0.15) is 5.75 Å². The second-order valence-corrected chi connectivity index (χ2v) is 7.93. The Balaban J connectivity index is 1.90. The fraction of sp³-hybridized carbons (Fsp3) is 0.381. The van der Waals surface area contributed by atoms with Gasteiger partial charge in [0.15, 0.2) is 5.60 Å². The summed E-state index contributed by atoms with van der Waals surface area (Å²) in [5, 5.41) is 3.59. The van der Waals surface area contributed by atoms with Crippen LogP contribution in [0.5, 0.6) is 5.75 Å². The van der Waals surface area contributed by atoms with Crippen LogP contribution in [0, 0.1) is 0 Å². The molecule has 3 rings (SSSR count). The van der Waals surface area contributed by atoms with Crippen molar-refractivity contribution in [3.8, 4) is 5.75 Å². The molecule has 4 nitrogen and oxygen atoms in total. The number of fused-ring (bicyclic) bond motifs is 1. The van der Waals surface area contributed by atoms with Crippen molar-refractivity contribution in [1.82, 2.24) is 5.32 Å². The van der Waals surface area contributed by atoms with Crippen molar-refractivity contribution in [2.75, 3.05) is 6.61 Å². The molecule has 1 unspecified atom stereocenters. The zero-order valence-corrected chi connectivity index (χ0v) is 17.8. The lowest BCUT2D eigenvalue weighted by atomic mass is 9.83. The predicted octanol–water partition coefficient (Wildman–Crippen LogP) is 5.85. The van der Waals surface area contributed by atoms with Crippen LogP contribution in [0.25, 0.3) is 0 Å². The lowest BCUT2D eigenvalue weighted by molar-refractivity contribution is 0.0488. The van der Waals surface area contributed by atoms with Gasteiger partial charge in [-0.3, -0.25) is 0 Å². The minimum Gasteiger partial charge on any atom is -0.480 e. The summed E-state index contributed by atoms with van der Waals surface area (Å²) in [4.78, 5) is 12.2. The molecule has 0 aliphatic carbocycles. The van der Waals surface area contributed by atoms with Gasteiger partial charge < -0.3 is 14.8 Å². The Morgan fingerprint density at radius 1 is 1.33 bits per heavy atom. The number of benzene rings is 2. The third-order valence-corrected chi connectivity index (χ3v) is 6.36. The maximum atomic E-state index is 12.2. The molecule has 0 fully saturated rings. The van der Waals surface area contributed by atoms with E-state index in [2.05, 4.69) is 28.2 Å². The smallest absolute Gasteiger partial charge is 0.407 e. The number of hydrogen-bond donors (Lipinski definition) is 1.